The van der Waals surface area contributed by atoms with E-state index in [0.717, 1.165) is 49.7 Å². The third-order valence-electron chi connectivity index (χ3n) is 8.73. The lowest BCUT2D eigenvalue weighted by atomic mass is 9.52. The molecule has 38 heavy (non-hydrogen) atoms. The SMILES string of the molecule is CC(=O)C12CCC(CNC(=O)c3cc(C(=O)NCc4ccc5c(c4)CC(=O)O5)nc4ccnn34)(CC1)CC2. The van der Waals surface area contributed by atoms with Crippen molar-refractivity contribution in [2.45, 2.75) is 58.4 Å². The average Bonchev–Trinajstić information content (AvgIpc) is 3.56. The average molecular weight is 516 g/mol. The van der Waals surface area contributed by atoms with E-state index in [4.69, 9.17) is 4.74 Å². The summed E-state index contributed by atoms with van der Waals surface area (Å²) in [6, 6.07) is 8.45. The molecule has 10 nitrogen and oxygen atoms in total. The molecule has 3 heterocycles. The molecule has 2 amide bonds. The predicted octanol–water partition coefficient (Wildman–Crippen LogP) is 2.78. The number of benzene rings is 1. The second kappa shape index (κ2) is 9.04. The van der Waals surface area contributed by atoms with Crippen molar-refractivity contribution < 1.29 is 23.9 Å². The van der Waals surface area contributed by atoms with Gasteiger partial charge < -0.3 is 15.4 Å². The van der Waals surface area contributed by atoms with Crippen molar-refractivity contribution >= 4 is 29.2 Å². The van der Waals surface area contributed by atoms with Crippen molar-refractivity contribution in [1.29, 1.82) is 0 Å². The molecule has 0 saturated heterocycles. The van der Waals surface area contributed by atoms with Gasteiger partial charge in [-0.05, 0) is 68.6 Å². The van der Waals surface area contributed by atoms with Crippen LogP contribution in [0.25, 0.3) is 5.65 Å². The fraction of sp³-hybridized carbons (Fsp3) is 0.429. The summed E-state index contributed by atoms with van der Waals surface area (Å²) in [4.78, 5) is 54.3. The van der Waals surface area contributed by atoms with Crippen LogP contribution in [0, 0.1) is 10.8 Å². The van der Waals surface area contributed by atoms with Crippen molar-refractivity contribution in [3.8, 4) is 5.75 Å². The molecule has 3 saturated carbocycles. The standard InChI is InChI=1S/C28H29N5O5/c1-17(34)28-8-5-27(6-9-28,7-10-28)16-30-26(37)21-14-20(32-23-4-11-31-33(21)23)25(36)29-15-18-2-3-22-19(12-18)13-24(35)38-22/h2-4,11-12,14H,5-10,13,15-16H2,1H3,(H,29,36)(H,30,37). The number of Topliss-reactive ketones (excluding diaryl/α,β-unsaturated/α-hetero) is 1. The minimum atomic E-state index is -0.422. The second-order valence-corrected chi connectivity index (χ2v) is 10.9. The molecule has 2 N–H and O–H groups in total. The van der Waals surface area contributed by atoms with Gasteiger partial charge in [-0.25, -0.2) is 9.50 Å². The van der Waals surface area contributed by atoms with Gasteiger partial charge in [0, 0.05) is 36.2 Å². The van der Waals surface area contributed by atoms with E-state index in [1.807, 2.05) is 6.07 Å². The highest BCUT2D eigenvalue weighted by molar-refractivity contribution is 5.98. The third-order valence-corrected chi connectivity index (χ3v) is 8.73. The number of hydrogen-bond donors (Lipinski definition) is 2. The first kappa shape index (κ1) is 24.3. The molecule has 0 radical (unpaired) electrons. The molecule has 0 atom stereocenters. The topological polar surface area (TPSA) is 132 Å². The number of nitrogens with one attached hydrogen (secondary N) is 2. The Labute approximate surface area is 219 Å². The van der Waals surface area contributed by atoms with Gasteiger partial charge in [0.15, 0.2) is 5.65 Å². The molecular formula is C28H29N5O5. The summed E-state index contributed by atoms with van der Waals surface area (Å²) in [5.74, 6) is -0.191. The van der Waals surface area contributed by atoms with Gasteiger partial charge >= 0.3 is 5.97 Å². The van der Waals surface area contributed by atoms with Gasteiger partial charge in [-0.15, -0.1) is 0 Å². The maximum atomic E-state index is 13.3. The van der Waals surface area contributed by atoms with Crippen molar-refractivity contribution in [2.75, 3.05) is 6.54 Å². The minimum Gasteiger partial charge on any atom is -0.426 e. The zero-order valence-electron chi connectivity index (χ0n) is 21.2. The van der Waals surface area contributed by atoms with Crippen LogP contribution in [0.2, 0.25) is 0 Å². The number of amides is 2. The molecule has 0 unspecified atom stereocenters. The Hall–Kier alpha value is -4.08. The van der Waals surface area contributed by atoms with Crippen LogP contribution in [-0.2, 0) is 22.6 Å². The largest absolute Gasteiger partial charge is 0.426 e. The first-order chi connectivity index (χ1) is 18.3. The number of ketones is 1. The van der Waals surface area contributed by atoms with E-state index in [1.54, 1.807) is 25.1 Å². The van der Waals surface area contributed by atoms with Crippen LogP contribution in [0.1, 0.15) is 77.6 Å². The molecule has 7 rings (SSSR count). The number of carbonyl (C=O) groups is 4. The molecular weight excluding hydrogens is 486 g/mol. The summed E-state index contributed by atoms with van der Waals surface area (Å²) < 4.78 is 6.55. The quantitative estimate of drug-likeness (QED) is 0.365. The zero-order valence-corrected chi connectivity index (χ0v) is 21.2. The molecule has 4 aliphatic rings. The molecule has 2 aromatic heterocycles. The molecule has 0 spiro atoms. The van der Waals surface area contributed by atoms with Crippen LogP contribution >= 0.6 is 0 Å². The summed E-state index contributed by atoms with van der Waals surface area (Å²) in [6.07, 6.45) is 7.19. The van der Waals surface area contributed by atoms with Crippen LogP contribution < -0.4 is 15.4 Å². The number of carbonyl (C=O) groups excluding carboxylic acids is 4. The van der Waals surface area contributed by atoms with Gasteiger partial charge in [-0.3, -0.25) is 19.2 Å². The number of rotatable bonds is 7. The monoisotopic (exact) mass is 515 g/mol. The first-order valence-corrected chi connectivity index (χ1v) is 13.0. The highest BCUT2D eigenvalue weighted by atomic mass is 16.5. The van der Waals surface area contributed by atoms with Gasteiger partial charge in [0.1, 0.15) is 22.9 Å². The highest BCUT2D eigenvalue weighted by Crippen LogP contribution is 2.56. The van der Waals surface area contributed by atoms with E-state index in [1.165, 1.54) is 16.8 Å². The van der Waals surface area contributed by atoms with Gasteiger partial charge in [-0.1, -0.05) is 6.07 Å². The highest BCUT2D eigenvalue weighted by Gasteiger charge is 2.50. The molecule has 10 heteroatoms. The van der Waals surface area contributed by atoms with Crippen molar-refractivity contribution in [3.05, 3.63) is 59.0 Å². The molecule has 3 fully saturated rings. The Morgan fingerprint density at radius 1 is 1.00 bits per heavy atom. The van der Waals surface area contributed by atoms with Gasteiger partial charge in [0.25, 0.3) is 11.8 Å². The second-order valence-electron chi connectivity index (χ2n) is 10.9. The molecule has 2 bridgehead atoms. The van der Waals surface area contributed by atoms with E-state index in [-0.39, 0.29) is 47.1 Å². The molecule has 1 aromatic carbocycles. The van der Waals surface area contributed by atoms with E-state index in [2.05, 4.69) is 20.7 Å². The first-order valence-electron chi connectivity index (χ1n) is 13.0. The Morgan fingerprint density at radius 2 is 1.76 bits per heavy atom. The van der Waals surface area contributed by atoms with Gasteiger partial charge in [-0.2, -0.15) is 5.10 Å². The maximum absolute atomic E-state index is 13.3. The smallest absolute Gasteiger partial charge is 0.315 e. The van der Waals surface area contributed by atoms with Crippen molar-refractivity contribution in [3.63, 3.8) is 0 Å². The summed E-state index contributed by atoms with van der Waals surface area (Å²) in [6.45, 7) is 2.46. The molecule has 3 aromatic rings. The fourth-order valence-electron chi connectivity index (χ4n) is 6.17. The number of fused-ring (bicyclic) bond motifs is 5. The van der Waals surface area contributed by atoms with Crippen LogP contribution in [0.3, 0.4) is 0 Å². The Balaban J connectivity index is 1.14. The molecule has 196 valence electrons. The van der Waals surface area contributed by atoms with Crippen molar-refractivity contribution in [1.82, 2.24) is 25.2 Å². The lowest BCUT2D eigenvalue weighted by Crippen LogP contribution is -2.49. The normalized spacial score (nSPS) is 23.7. The number of hydrogen-bond acceptors (Lipinski definition) is 7. The lowest BCUT2D eigenvalue weighted by Gasteiger charge is -2.52. The van der Waals surface area contributed by atoms with Gasteiger partial charge in [0.2, 0.25) is 0 Å². The zero-order chi connectivity index (χ0) is 26.5. The minimum absolute atomic E-state index is 0.00877. The van der Waals surface area contributed by atoms with E-state index >= 15 is 0 Å². The summed E-state index contributed by atoms with van der Waals surface area (Å²) in [7, 11) is 0. The van der Waals surface area contributed by atoms with E-state index in [0.29, 0.717) is 23.7 Å². The molecule has 3 aliphatic carbocycles. The molecule has 1 aliphatic heterocycles. The Morgan fingerprint density at radius 3 is 2.50 bits per heavy atom. The Bertz CT molecular complexity index is 1470. The fourth-order valence-corrected chi connectivity index (χ4v) is 6.17. The van der Waals surface area contributed by atoms with Crippen LogP contribution in [-0.4, -0.2) is 44.7 Å². The number of nitrogens with zero attached hydrogens (tertiary/aromatic N) is 3. The van der Waals surface area contributed by atoms with Crippen molar-refractivity contribution in [2.24, 2.45) is 10.8 Å². The number of esters is 1. The van der Waals surface area contributed by atoms with Crippen LogP contribution in [0.4, 0.5) is 0 Å². The third kappa shape index (κ3) is 4.23. The summed E-state index contributed by atoms with van der Waals surface area (Å²) in [5, 5.41) is 10.1. The predicted molar refractivity (Wildman–Crippen MR) is 136 cm³/mol. The maximum Gasteiger partial charge on any atom is 0.315 e. The summed E-state index contributed by atoms with van der Waals surface area (Å²) in [5.41, 5.74) is 2.21. The number of ether oxygens (including phenoxy) is 1. The number of aromatic nitrogens is 3. The van der Waals surface area contributed by atoms with Crippen LogP contribution in [0.15, 0.2) is 36.5 Å². The summed E-state index contributed by atoms with van der Waals surface area (Å²) >= 11 is 0. The van der Waals surface area contributed by atoms with Gasteiger partial charge in [0.05, 0.1) is 12.6 Å². The Kier molecular flexibility index (Phi) is 5.77. The van der Waals surface area contributed by atoms with Crippen LogP contribution in [0.5, 0.6) is 5.75 Å². The van der Waals surface area contributed by atoms with E-state index < -0.39 is 5.91 Å². The lowest BCUT2D eigenvalue weighted by molar-refractivity contribution is -0.135. The van der Waals surface area contributed by atoms with E-state index in [9.17, 15) is 19.2 Å².